The Kier molecular flexibility index (Phi) is 3.10. The second-order valence-corrected chi connectivity index (χ2v) is 5.37. The number of hydrogen-bond donors (Lipinski definition) is 1. The van der Waals surface area contributed by atoms with Gasteiger partial charge >= 0.3 is 0 Å². The number of hydrogen-bond acceptors (Lipinski definition) is 4. The summed E-state index contributed by atoms with van der Waals surface area (Å²) in [6, 6.07) is 0.0136. The molecule has 1 aliphatic carbocycles. The zero-order valence-corrected chi connectivity index (χ0v) is 11.1. The van der Waals surface area contributed by atoms with Crippen LogP contribution in [0, 0.1) is 5.92 Å². The second kappa shape index (κ2) is 4.77. The molecule has 1 aromatic heterocycles. The van der Waals surface area contributed by atoms with Crippen LogP contribution in [0.2, 0.25) is 0 Å². The van der Waals surface area contributed by atoms with Crippen LogP contribution in [0.15, 0.2) is 12.2 Å². The van der Waals surface area contributed by atoms with Crippen LogP contribution in [0.4, 0.5) is 0 Å². The van der Waals surface area contributed by atoms with Crippen molar-refractivity contribution in [3.05, 3.63) is 23.8 Å². The van der Waals surface area contributed by atoms with Crippen molar-refractivity contribution < 1.29 is 4.79 Å². The average molecular weight is 261 g/mol. The van der Waals surface area contributed by atoms with E-state index in [1.54, 1.807) is 4.90 Å². The van der Waals surface area contributed by atoms with Gasteiger partial charge in [0, 0.05) is 26.1 Å². The van der Waals surface area contributed by atoms with Gasteiger partial charge in [0.1, 0.15) is 5.82 Å². The molecule has 2 unspecified atom stereocenters. The van der Waals surface area contributed by atoms with Gasteiger partial charge in [-0.05, 0) is 12.8 Å². The van der Waals surface area contributed by atoms with E-state index in [4.69, 9.17) is 5.73 Å². The lowest BCUT2D eigenvalue weighted by Gasteiger charge is -2.20. The van der Waals surface area contributed by atoms with Crippen molar-refractivity contribution in [2.75, 3.05) is 7.05 Å². The molecule has 2 N–H and O–H groups in total. The van der Waals surface area contributed by atoms with Crippen LogP contribution in [0.1, 0.15) is 24.5 Å². The third-order valence-corrected chi connectivity index (χ3v) is 3.87. The van der Waals surface area contributed by atoms with Gasteiger partial charge in [0.2, 0.25) is 5.91 Å². The van der Waals surface area contributed by atoms with Crippen molar-refractivity contribution in [3.8, 4) is 0 Å². The van der Waals surface area contributed by atoms with E-state index in [1.807, 2.05) is 19.2 Å². The monoisotopic (exact) mass is 261 g/mol. The summed E-state index contributed by atoms with van der Waals surface area (Å²) in [6.07, 6.45) is 6.64. The molecule has 0 radical (unpaired) electrons. The summed E-state index contributed by atoms with van der Waals surface area (Å²) in [7, 11) is 1.82. The fraction of sp³-hybridized carbons (Fsp3) is 0.615. The zero-order chi connectivity index (χ0) is 13.4. The van der Waals surface area contributed by atoms with Gasteiger partial charge in [-0.15, -0.1) is 10.2 Å². The molecule has 0 spiro atoms. The van der Waals surface area contributed by atoms with Crippen LogP contribution >= 0.6 is 0 Å². The molecule has 2 atom stereocenters. The van der Waals surface area contributed by atoms with Crippen molar-refractivity contribution in [2.24, 2.45) is 11.7 Å². The van der Waals surface area contributed by atoms with E-state index >= 15 is 0 Å². The molecule has 0 fully saturated rings. The molecule has 0 saturated heterocycles. The van der Waals surface area contributed by atoms with Gasteiger partial charge in [-0.3, -0.25) is 4.79 Å². The number of aryl methyl sites for hydroxylation is 1. The predicted molar refractivity (Wildman–Crippen MR) is 70.0 cm³/mol. The van der Waals surface area contributed by atoms with Crippen molar-refractivity contribution >= 4 is 5.91 Å². The van der Waals surface area contributed by atoms with Crippen LogP contribution in [-0.2, 0) is 24.3 Å². The number of aromatic nitrogens is 3. The van der Waals surface area contributed by atoms with E-state index in [0.29, 0.717) is 13.0 Å². The van der Waals surface area contributed by atoms with E-state index in [1.165, 1.54) is 0 Å². The summed E-state index contributed by atoms with van der Waals surface area (Å²) in [5.74, 6) is 1.95. The molecule has 2 aliphatic rings. The van der Waals surface area contributed by atoms with Gasteiger partial charge in [-0.1, -0.05) is 12.2 Å². The van der Waals surface area contributed by atoms with Crippen molar-refractivity contribution in [1.82, 2.24) is 19.7 Å². The highest BCUT2D eigenvalue weighted by Gasteiger charge is 2.27. The molecule has 0 aromatic carbocycles. The Hall–Kier alpha value is -1.69. The van der Waals surface area contributed by atoms with Gasteiger partial charge < -0.3 is 15.2 Å². The Balaban J connectivity index is 1.66. The Bertz CT molecular complexity index is 521. The van der Waals surface area contributed by atoms with Crippen LogP contribution in [0.25, 0.3) is 0 Å². The summed E-state index contributed by atoms with van der Waals surface area (Å²) in [5, 5.41) is 8.34. The van der Waals surface area contributed by atoms with Gasteiger partial charge in [-0.25, -0.2) is 0 Å². The summed E-state index contributed by atoms with van der Waals surface area (Å²) in [5.41, 5.74) is 5.79. The van der Waals surface area contributed by atoms with Crippen molar-refractivity contribution in [1.29, 1.82) is 0 Å². The maximum absolute atomic E-state index is 12.3. The molecule has 1 aromatic rings. The van der Waals surface area contributed by atoms with E-state index in [-0.39, 0.29) is 17.9 Å². The number of fused-ring (bicyclic) bond motifs is 1. The highest BCUT2D eigenvalue weighted by Crippen LogP contribution is 2.20. The Morgan fingerprint density at radius 2 is 2.37 bits per heavy atom. The Morgan fingerprint density at radius 1 is 1.53 bits per heavy atom. The second-order valence-electron chi connectivity index (χ2n) is 5.37. The third kappa shape index (κ3) is 2.28. The predicted octanol–water partition coefficient (Wildman–Crippen LogP) is 0.0861. The molecular formula is C13H19N5O. The molecular weight excluding hydrogens is 242 g/mol. The minimum atomic E-state index is -0.0824. The van der Waals surface area contributed by atoms with Crippen molar-refractivity contribution in [3.63, 3.8) is 0 Å². The van der Waals surface area contributed by atoms with E-state index in [2.05, 4.69) is 14.8 Å². The maximum Gasteiger partial charge on any atom is 0.229 e. The summed E-state index contributed by atoms with van der Waals surface area (Å²) >= 11 is 0. The van der Waals surface area contributed by atoms with Crippen LogP contribution in [0.3, 0.4) is 0 Å². The SMILES string of the molecule is CN(Cc1nnc2n1CCC2)C(=O)C1C=CC(N)C1. The van der Waals surface area contributed by atoms with Crippen LogP contribution in [0.5, 0.6) is 0 Å². The number of nitrogens with two attached hydrogens (primary N) is 1. The highest BCUT2D eigenvalue weighted by molar-refractivity contribution is 5.80. The number of nitrogens with zero attached hydrogens (tertiary/aromatic N) is 4. The number of carbonyl (C=O) groups is 1. The standard InChI is InChI=1S/C13H19N5O/c1-17(13(19)9-4-5-10(14)7-9)8-12-16-15-11-3-2-6-18(11)12/h4-5,9-10H,2-3,6-8,14H2,1H3. The lowest BCUT2D eigenvalue weighted by atomic mass is 10.1. The number of amides is 1. The normalized spacial score (nSPS) is 24.7. The van der Waals surface area contributed by atoms with E-state index in [9.17, 15) is 4.79 Å². The molecule has 6 heteroatoms. The molecule has 0 saturated carbocycles. The summed E-state index contributed by atoms with van der Waals surface area (Å²) in [4.78, 5) is 14.0. The first-order valence-electron chi connectivity index (χ1n) is 6.75. The Morgan fingerprint density at radius 3 is 3.11 bits per heavy atom. The van der Waals surface area contributed by atoms with E-state index < -0.39 is 0 Å². The first-order chi connectivity index (χ1) is 9.15. The quantitative estimate of drug-likeness (QED) is 0.782. The van der Waals surface area contributed by atoms with E-state index in [0.717, 1.165) is 31.0 Å². The number of carbonyl (C=O) groups excluding carboxylic acids is 1. The molecule has 1 amide bonds. The minimum absolute atomic E-state index is 0.0136. The average Bonchev–Trinajstić information content (AvgIpc) is 3.06. The molecule has 2 heterocycles. The third-order valence-electron chi connectivity index (χ3n) is 3.87. The fourth-order valence-corrected chi connectivity index (χ4v) is 2.81. The molecule has 0 bridgehead atoms. The van der Waals surface area contributed by atoms with Gasteiger partial charge in [0.25, 0.3) is 0 Å². The smallest absolute Gasteiger partial charge is 0.229 e. The molecule has 102 valence electrons. The van der Waals surface area contributed by atoms with Crippen LogP contribution in [-0.4, -0.2) is 38.7 Å². The topological polar surface area (TPSA) is 77.0 Å². The lowest BCUT2D eigenvalue weighted by Crippen LogP contribution is -2.33. The van der Waals surface area contributed by atoms with Crippen molar-refractivity contribution in [2.45, 2.75) is 38.4 Å². The van der Waals surface area contributed by atoms with Gasteiger partial charge in [-0.2, -0.15) is 0 Å². The molecule has 19 heavy (non-hydrogen) atoms. The van der Waals surface area contributed by atoms with Gasteiger partial charge in [0.15, 0.2) is 5.82 Å². The minimum Gasteiger partial charge on any atom is -0.338 e. The largest absolute Gasteiger partial charge is 0.338 e. The lowest BCUT2D eigenvalue weighted by molar-refractivity contribution is -0.133. The molecule has 6 nitrogen and oxygen atoms in total. The maximum atomic E-state index is 12.3. The number of rotatable bonds is 3. The fourth-order valence-electron chi connectivity index (χ4n) is 2.81. The molecule has 3 rings (SSSR count). The zero-order valence-electron chi connectivity index (χ0n) is 11.1. The first-order valence-corrected chi connectivity index (χ1v) is 6.75. The van der Waals surface area contributed by atoms with Crippen LogP contribution < -0.4 is 5.73 Å². The first kappa shape index (κ1) is 12.3. The van der Waals surface area contributed by atoms with Gasteiger partial charge in [0.05, 0.1) is 12.5 Å². The highest BCUT2D eigenvalue weighted by atomic mass is 16.2. The molecule has 1 aliphatic heterocycles. The summed E-state index contributed by atoms with van der Waals surface area (Å²) in [6.45, 7) is 1.49. The summed E-state index contributed by atoms with van der Waals surface area (Å²) < 4.78 is 2.13. The Labute approximate surface area is 112 Å².